The van der Waals surface area contributed by atoms with Crippen LogP contribution in [0.1, 0.15) is 29.7 Å². The first-order valence-corrected chi connectivity index (χ1v) is 23.5. The van der Waals surface area contributed by atoms with Crippen molar-refractivity contribution >= 4 is 43.6 Å². The standard InChI is InChI=1S/C63H47N5/c1-5-20-42(21-6-1)46-28-17-30-48(38-46)51-35-19-34-50(44-24-9-3-10-25-44)60(51)67-56-36-15-13-32-52(56)54-41-59-55(40-58(54)67)53-33-14-16-37-57(53)68(59)63-65-61(45-26-11-4-12-27-45)64-62(66-63)49-31-18-29-47(39-49)43-22-7-2-8-23-43/h1-41,61-66H. The van der Waals surface area contributed by atoms with Crippen molar-refractivity contribution in [2.45, 2.75) is 18.6 Å². The van der Waals surface area contributed by atoms with Crippen LogP contribution in [-0.4, -0.2) is 9.13 Å². The van der Waals surface area contributed by atoms with E-state index in [4.69, 9.17) is 0 Å². The van der Waals surface area contributed by atoms with Crippen LogP contribution in [-0.2, 0) is 0 Å². The molecule has 1 aliphatic rings. The van der Waals surface area contributed by atoms with Crippen LogP contribution in [0.5, 0.6) is 0 Å². The predicted molar refractivity (Wildman–Crippen MR) is 282 cm³/mol. The van der Waals surface area contributed by atoms with Crippen LogP contribution in [0.4, 0.5) is 0 Å². The van der Waals surface area contributed by atoms with Gasteiger partial charge in [-0.3, -0.25) is 16.0 Å². The molecule has 0 spiro atoms. The summed E-state index contributed by atoms with van der Waals surface area (Å²) in [7, 11) is 0. The Morgan fingerprint density at radius 2 is 0.735 bits per heavy atom. The second kappa shape index (κ2) is 16.8. The molecule has 68 heavy (non-hydrogen) atoms. The molecule has 0 saturated carbocycles. The number of rotatable bonds is 8. The van der Waals surface area contributed by atoms with Gasteiger partial charge in [0.25, 0.3) is 0 Å². The molecule has 3 unspecified atom stereocenters. The molecule has 3 atom stereocenters. The van der Waals surface area contributed by atoms with Crippen LogP contribution in [0, 0.1) is 0 Å². The SMILES string of the molecule is c1ccc(-c2cccc(-c3cccc(-c4ccccc4)c3-n3c4ccccc4c4cc5c(cc43)c3ccccc3n5C3NC(c4ccccc4)NC(c4cccc(-c5ccccc5)c4)N3)c2)cc1. The second-order valence-corrected chi connectivity index (χ2v) is 17.8. The molecule has 5 heteroatoms. The minimum atomic E-state index is -0.276. The van der Waals surface area contributed by atoms with Gasteiger partial charge in [0.05, 0.1) is 40.1 Å². The summed E-state index contributed by atoms with van der Waals surface area (Å²) in [6.07, 6.45) is -0.574. The molecule has 5 nitrogen and oxygen atoms in total. The van der Waals surface area contributed by atoms with Crippen LogP contribution >= 0.6 is 0 Å². The first-order valence-electron chi connectivity index (χ1n) is 23.5. The van der Waals surface area contributed by atoms with E-state index in [0.29, 0.717) is 0 Å². The lowest BCUT2D eigenvalue weighted by Crippen LogP contribution is -2.56. The van der Waals surface area contributed by atoms with Crippen molar-refractivity contribution in [2.24, 2.45) is 0 Å². The van der Waals surface area contributed by atoms with Crippen LogP contribution in [0.2, 0.25) is 0 Å². The van der Waals surface area contributed by atoms with E-state index in [1.165, 1.54) is 77.2 Å². The Labute approximate surface area is 395 Å². The predicted octanol–water partition coefficient (Wildman–Crippen LogP) is 15.2. The zero-order valence-electron chi connectivity index (χ0n) is 37.3. The number of nitrogens with one attached hydrogen (secondary N) is 3. The largest absolute Gasteiger partial charge is 0.311 e. The van der Waals surface area contributed by atoms with E-state index in [2.05, 4.69) is 274 Å². The minimum Gasteiger partial charge on any atom is -0.311 e. The van der Waals surface area contributed by atoms with Gasteiger partial charge in [-0.25, -0.2) is 0 Å². The molecular weight excluding hydrogens is 827 g/mol. The van der Waals surface area contributed by atoms with E-state index in [1.807, 2.05) is 0 Å². The van der Waals surface area contributed by atoms with Crippen molar-refractivity contribution in [3.63, 3.8) is 0 Å². The Hall–Kier alpha value is -8.32. The zero-order chi connectivity index (χ0) is 45.0. The molecule has 0 radical (unpaired) electrons. The molecular formula is C63H47N5. The van der Waals surface area contributed by atoms with Gasteiger partial charge in [0.2, 0.25) is 0 Å². The summed E-state index contributed by atoms with van der Waals surface area (Å²) < 4.78 is 5.02. The first-order chi connectivity index (χ1) is 33.7. The number of fused-ring (bicyclic) bond motifs is 6. The summed E-state index contributed by atoms with van der Waals surface area (Å²) in [6, 6.07) is 90.3. The third-order valence-electron chi connectivity index (χ3n) is 13.8. The van der Waals surface area contributed by atoms with Gasteiger partial charge in [0, 0.05) is 32.7 Å². The van der Waals surface area contributed by atoms with Crippen molar-refractivity contribution in [1.82, 2.24) is 25.1 Å². The molecule has 3 N–H and O–H groups in total. The average molecular weight is 874 g/mol. The summed E-state index contributed by atoms with van der Waals surface area (Å²) in [4.78, 5) is 0. The number of benzene rings is 10. The lowest BCUT2D eigenvalue weighted by atomic mass is 9.93. The Balaban J connectivity index is 1.03. The van der Waals surface area contributed by atoms with E-state index in [-0.39, 0.29) is 18.6 Å². The molecule has 13 rings (SSSR count). The summed E-state index contributed by atoms with van der Waals surface area (Å²) >= 11 is 0. The van der Waals surface area contributed by atoms with E-state index < -0.39 is 0 Å². The number of aromatic nitrogens is 2. The number of nitrogens with zero attached hydrogens (tertiary/aromatic N) is 2. The Kier molecular flexibility index (Phi) is 9.90. The maximum Gasteiger partial charge on any atom is 0.142 e. The molecule has 1 saturated heterocycles. The number of para-hydroxylation sites is 3. The topological polar surface area (TPSA) is 46.0 Å². The monoisotopic (exact) mass is 873 g/mol. The molecule has 0 amide bonds. The molecule has 1 fully saturated rings. The van der Waals surface area contributed by atoms with E-state index in [9.17, 15) is 0 Å². The Morgan fingerprint density at radius 3 is 1.43 bits per heavy atom. The highest BCUT2D eigenvalue weighted by atomic mass is 15.4. The summed E-state index contributed by atoms with van der Waals surface area (Å²) in [5, 5.41) is 16.8. The highest BCUT2D eigenvalue weighted by Gasteiger charge is 2.32. The quantitative estimate of drug-likeness (QED) is 0.143. The van der Waals surface area contributed by atoms with Crippen molar-refractivity contribution in [3.8, 4) is 50.2 Å². The third-order valence-corrected chi connectivity index (χ3v) is 13.8. The van der Waals surface area contributed by atoms with Gasteiger partial charge in [0.15, 0.2) is 0 Å². The van der Waals surface area contributed by atoms with E-state index >= 15 is 0 Å². The fourth-order valence-electron chi connectivity index (χ4n) is 10.7. The fourth-order valence-corrected chi connectivity index (χ4v) is 10.7. The van der Waals surface area contributed by atoms with Crippen molar-refractivity contribution < 1.29 is 0 Å². The van der Waals surface area contributed by atoms with Gasteiger partial charge in [-0.15, -0.1) is 0 Å². The summed E-state index contributed by atoms with van der Waals surface area (Å²) in [5.74, 6) is 0. The van der Waals surface area contributed by atoms with Gasteiger partial charge < -0.3 is 9.13 Å². The second-order valence-electron chi connectivity index (χ2n) is 17.8. The van der Waals surface area contributed by atoms with Crippen LogP contribution in [0.25, 0.3) is 93.8 Å². The zero-order valence-corrected chi connectivity index (χ0v) is 37.3. The summed E-state index contributed by atoms with van der Waals surface area (Å²) in [6.45, 7) is 0. The Morgan fingerprint density at radius 1 is 0.279 bits per heavy atom. The molecule has 1 aliphatic heterocycles. The maximum absolute atomic E-state index is 4.05. The molecule has 3 heterocycles. The average Bonchev–Trinajstić information content (AvgIpc) is 3.92. The lowest BCUT2D eigenvalue weighted by Gasteiger charge is -2.40. The molecule has 0 aliphatic carbocycles. The molecule has 0 bridgehead atoms. The molecule has 12 aromatic rings. The smallest absolute Gasteiger partial charge is 0.142 e. The molecule has 324 valence electrons. The minimum absolute atomic E-state index is 0.136. The van der Waals surface area contributed by atoms with Gasteiger partial charge in [-0.2, -0.15) is 0 Å². The molecule has 10 aromatic carbocycles. The Bertz CT molecular complexity index is 3780. The highest BCUT2D eigenvalue weighted by Crippen LogP contribution is 2.45. The first kappa shape index (κ1) is 40.0. The van der Waals surface area contributed by atoms with Crippen molar-refractivity contribution in [1.29, 1.82) is 0 Å². The van der Waals surface area contributed by atoms with E-state index in [1.54, 1.807) is 0 Å². The van der Waals surface area contributed by atoms with Crippen LogP contribution in [0.15, 0.2) is 249 Å². The van der Waals surface area contributed by atoms with Crippen molar-refractivity contribution in [2.75, 3.05) is 0 Å². The van der Waals surface area contributed by atoms with Gasteiger partial charge >= 0.3 is 0 Å². The number of hydrogen-bond acceptors (Lipinski definition) is 3. The van der Waals surface area contributed by atoms with Gasteiger partial charge in [-0.1, -0.05) is 212 Å². The van der Waals surface area contributed by atoms with Crippen LogP contribution < -0.4 is 16.0 Å². The third kappa shape index (κ3) is 6.92. The van der Waals surface area contributed by atoms with Crippen LogP contribution in [0.3, 0.4) is 0 Å². The number of hydrogen-bond donors (Lipinski definition) is 3. The van der Waals surface area contributed by atoms with Gasteiger partial charge in [0.1, 0.15) is 6.29 Å². The lowest BCUT2D eigenvalue weighted by molar-refractivity contribution is 0.161. The van der Waals surface area contributed by atoms with E-state index in [0.717, 1.165) is 27.8 Å². The van der Waals surface area contributed by atoms with Gasteiger partial charge in [-0.05, 0) is 80.9 Å². The fraction of sp³-hybridized carbons (Fsp3) is 0.0476. The summed E-state index contributed by atoms with van der Waals surface area (Å²) in [5.41, 5.74) is 17.6. The molecule has 2 aromatic heterocycles. The van der Waals surface area contributed by atoms with Crippen molar-refractivity contribution in [3.05, 3.63) is 260 Å². The maximum atomic E-state index is 4.05. The highest BCUT2D eigenvalue weighted by molar-refractivity contribution is 6.19. The normalized spacial score (nSPS) is 16.2.